The molecule has 0 spiro atoms. The highest BCUT2D eigenvalue weighted by Gasteiger charge is 2.15. The van der Waals surface area contributed by atoms with E-state index in [4.69, 9.17) is 12.8 Å². The van der Waals surface area contributed by atoms with E-state index in [1.165, 1.54) is 16.7 Å². The summed E-state index contributed by atoms with van der Waals surface area (Å²) in [6.45, 7) is 10.3. The lowest BCUT2D eigenvalue weighted by Crippen LogP contribution is -2.44. The minimum absolute atomic E-state index is 0.00333. The van der Waals surface area contributed by atoms with Crippen LogP contribution in [-0.2, 0) is 12.3 Å². The smallest absolute Gasteiger partial charge is 0.262 e. The van der Waals surface area contributed by atoms with Crippen LogP contribution in [0.2, 0.25) is 0 Å². The van der Waals surface area contributed by atoms with Gasteiger partial charge in [-0.2, -0.15) is 0 Å². The molecule has 5 nitrogen and oxygen atoms in total. The summed E-state index contributed by atoms with van der Waals surface area (Å²) in [6, 6.07) is 12.0. The molecule has 32 heavy (non-hydrogen) atoms. The van der Waals surface area contributed by atoms with Crippen molar-refractivity contribution < 1.29 is 0 Å². The minimum atomic E-state index is 0.00333. The lowest BCUT2D eigenvalue weighted by Gasteiger charge is -2.32. The van der Waals surface area contributed by atoms with Crippen LogP contribution >= 0.6 is 11.8 Å². The second-order valence-corrected chi connectivity index (χ2v) is 9.85. The number of rotatable bonds is 7. The van der Waals surface area contributed by atoms with E-state index in [9.17, 15) is 4.79 Å². The van der Waals surface area contributed by atoms with Gasteiger partial charge in [-0.25, -0.2) is 4.98 Å². The van der Waals surface area contributed by atoms with E-state index in [0.29, 0.717) is 22.9 Å². The molecule has 1 aliphatic heterocycles. The van der Waals surface area contributed by atoms with Crippen LogP contribution in [0, 0.1) is 13.8 Å². The molecular formula is C25H31BN4OS. The largest absolute Gasteiger partial charge is 0.304 e. The average molecular weight is 446 g/mol. The molecule has 0 N–H and O–H groups in total. The van der Waals surface area contributed by atoms with Gasteiger partial charge in [0.15, 0.2) is 5.16 Å². The van der Waals surface area contributed by atoms with Crippen LogP contribution in [0.15, 0.2) is 46.3 Å². The van der Waals surface area contributed by atoms with Crippen molar-refractivity contribution in [2.75, 3.05) is 39.8 Å². The number of benzene rings is 2. The molecule has 0 amide bonds. The van der Waals surface area contributed by atoms with E-state index in [1.54, 1.807) is 17.8 Å². The number of aryl methyl sites for hydroxylation is 2. The van der Waals surface area contributed by atoms with Gasteiger partial charge in [0.25, 0.3) is 5.56 Å². The number of hydrogen-bond acceptors (Lipinski definition) is 5. The third-order valence-electron chi connectivity index (χ3n) is 6.04. The standard InChI is InChI=1S/C25H31BN4OS/c1-18-13-19(2)15-20(14-18)17-32-25-27-23-6-5-21(26)16-22(23)24(31)30(25)8-4-7-29-11-9-28(3)10-12-29/h5-6,13-16H,4,7-12,17H2,1-3H3. The maximum Gasteiger partial charge on any atom is 0.262 e. The van der Waals surface area contributed by atoms with Gasteiger partial charge in [-0.1, -0.05) is 58.7 Å². The summed E-state index contributed by atoms with van der Waals surface area (Å²) >= 11 is 1.64. The summed E-state index contributed by atoms with van der Waals surface area (Å²) in [6.07, 6.45) is 0.927. The quantitative estimate of drug-likeness (QED) is 0.317. The lowest BCUT2D eigenvalue weighted by atomic mass is 9.95. The van der Waals surface area contributed by atoms with Crippen molar-refractivity contribution >= 4 is 36.0 Å². The maximum atomic E-state index is 13.4. The Morgan fingerprint density at radius 2 is 1.72 bits per heavy atom. The van der Waals surface area contributed by atoms with Gasteiger partial charge in [-0.05, 0) is 45.5 Å². The zero-order valence-corrected chi connectivity index (χ0v) is 20.1. The molecule has 2 radical (unpaired) electrons. The van der Waals surface area contributed by atoms with Crippen LogP contribution < -0.4 is 11.0 Å². The number of thioether (sulfide) groups is 1. The van der Waals surface area contributed by atoms with E-state index in [1.807, 2.05) is 16.7 Å². The Hall–Kier alpha value is -2.09. The van der Waals surface area contributed by atoms with Crippen molar-refractivity contribution in [1.82, 2.24) is 19.4 Å². The molecule has 0 atom stereocenters. The van der Waals surface area contributed by atoms with Gasteiger partial charge >= 0.3 is 0 Å². The van der Waals surface area contributed by atoms with Crippen LogP contribution in [0.4, 0.5) is 0 Å². The summed E-state index contributed by atoms with van der Waals surface area (Å²) in [7, 11) is 8.13. The van der Waals surface area contributed by atoms with Gasteiger partial charge in [-0.15, -0.1) is 0 Å². The van der Waals surface area contributed by atoms with Crippen LogP contribution in [-0.4, -0.2) is 67.0 Å². The van der Waals surface area contributed by atoms with E-state index >= 15 is 0 Å². The van der Waals surface area contributed by atoms with Gasteiger partial charge in [0.05, 0.1) is 10.9 Å². The number of piperazine rings is 1. The SMILES string of the molecule is [B]c1ccc2nc(SCc3cc(C)cc(C)c3)n(CCCN3CCN(C)CC3)c(=O)c2c1. The topological polar surface area (TPSA) is 41.4 Å². The Labute approximate surface area is 196 Å². The first-order chi connectivity index (χ1) is 15.4. The Morgan fingerprint density at radius 1 is 1.00 bits per heavy atom. The zero-order valence-electron chi connectivity index (χ0n) is 19.3. The molecule has 0 saturated carbocycles. The van der Waals surface area contributed by atoms with E-state index < -0.39 is 0 Å². The molecular weight excluding hydrogens is 415 g/mol. The Bertz CT molecular complexity index is 1130. The monoisotopic (exact) mass is 446 g/mol. The predicted octanol–water partition coefficient (Wildman–Crippen LogP) is 2.74. The number of likely N-dealkylation sites (N-methyl/N-ethyl adjacent to an activating group) is 1. The molecule has 0 aliphatic carbocycles. The Balaban J connectivity index is 1.56. The number of hydrogen-bond donors (Lipinski definition) is 0. The maximum absolute atomic E-state index is 13.4. The first-order valence-corrected chi connectivity index (χ1v) is 12.3. The third kappa shape index (κ3) is 5.63. The highest BCUT2D eigenvalue weighted by atomic mass is 32.2. The van der Waals surface area contributed by atoms with Gasteiger partial charge in [-0.3, -0.25) is 9.36 Å². The Kier molecular flexibility index (Phi) is 7.39. The van der Waals surface area contributed by atoms with Crippen molar-refractivity contribution in [3.63, 3.8) is 0 Å². The molecule has 3 aromatic rings. The fourth-order valence-corrected chi connectivity index (χ4v) is 5.30. The van der Waals surface area contributed by atoms with Gasteiger partial charge in [0, 0.05) is 38.5 Å². The molecule has 2 heterocycles. The second kappa shape index (κ2) is 10.2. The second-order valence-electron chi connectivity index (χ2n) is 8.91. The summed E-state index contributed by atoms with van der Waals surface area (Å²) in [4.78, 5) is 23.1. The number of nitrogens with zero attached hydrogens (tertiary/aromatic N) is 4. The van der Waals surface area contributed by atoms with Crippen molar-refractivity contribution in [2.24, 2.45) is 0 Å². The van der Waals surface area contributed by atoms with Crippen molar-refractivity contribution in [2.45, 2.75) is 37.7 Å². The molecule has 166 valence electrons. The third-order valence-corrected chi connectivity index (χ3v) is 7.09. The summed E-state index contributed by atoms with van der Waals surface area (Å²) in [5.41, 5.74) is 5.07. The zero-order chi connectivity index (χ0) is 22.7. The molecule has 0 bridgehead atoms. The van der Waals surface area contributed by atoms with Gasteiger partial charge < -0.3 is 9.80 Å². The van der Waals surface area contributed by atoms with Crippen LogP contribution in [0.5, 0.6) is 0 Å². The first kappa shape index (κ1) is 23.1. The van der Waals surface area contributed by atoms with E-state index in [0.717, 1.165) is 50.1 Å². The molecule has 1 fully saturated rings. The van der Waals surface area contributed by atoms with Crippen LogP contribution in [0.1, 0.15) is 23.1 Å². The Morgan fingerprint density at radius 3 is 2.44 bits per heavy atom. The molecule has 2 aromatic carbocycles. The highest BCUT2D eigenvalue weighted by molar-refractivity contribution is 7.98. The fraction of sp³-hybridized carbons (Fsp3) is 0.440. The molecule has 7 heteroatoms. The molecule has 4 rings (SSSR count). The molecule has 1 aliphatic rings. The molecule has 0 unspecified atom stereocenters. The van der Waals surface area contributed by atoms with E-state index in [-0.39, 0.29) is 5.56 Å². The molecule has 1 saturated heterocycles. The normalized spacial score (nSPS) is 15.5. The van der Waals surface area contributed by atoms with Gasteiger partial charge in [0.2, 0.25) is 0 Å². The summed E-state index contributed by atoms with van der Waals surface area (Å²) in [5, 5.41) is 1.38. The number of fused-ring (bicyclic) bond motifs is 1. The van der Waals surface area contributed by atoms with Crippen molar-refractivity contribution in [1.29, 1.82) is 0 Å². The summed E-state index contributed by atoms with van der Waals surface area (Å²) < 4.78 is 1.85. The lowest BCUT2D eigenvalue weighted by molar-refractivity contribution is 0.151. The first-order valence-electron chi connectivity index (χ1n) is 11.3. The fourth-order valence-electron chi connectivity index (χ4n) is 4.35. The van der Waals surface area contributed by atoms with Crippen molar-refractivity contribution in [3.8, 4) is 0 Å². The highest BCUT2D eigenvalue weighted by Crippen LogP contribution is 2.23. The van der Waals surface area contributed by atoms with Gasteiger partial charge in [0.1, 0.15) is 7.85 Å². The van der Waals surface area contributed by atoms with Crippen LogP contribution in [0.3, 0.4) is 0 Å². The van der Waals surface area contributed by atoms with Crippen LogP contribution in [0.25, 0.3) is 10.9 Å². The average Bonchev–Trinajstić information content (AvgIpc) is 2.75. The predicted molar refractivity (Wildman–Crippen MR) is 135 cm³/mol. The summed E-state index contributed by atoms with van der Waals surface area (Å²) in [5.74, 6) is 0.786. The molecule has 1 aromatic heterocycles. The number of aromatic nitrogens is 2. The van der Waals surface area contributed by atoms with Crippen molar-refractivity contribution in [3.05, 3.63) is 63.4 Å². The van der Waals surface area contributed by atoms with E-state index in [2.05, 4.69) is 48.9 Å². The minimum Gasteiger partial charge on any atom is -0.304 e.